The SMILES string of the molecule is CCCCCCC=Cc1cc(C(=O)OCC)ccc1O. The van der Waals surface area contributed by atoms with Gasteiger partial charge in [-0.3, -0.25) is 0 Å². The first-order chi connectivity index (χ1) is 9.69. The molecule has 0 aromatic heterocycles. The van der Waals surface area contributed by atoms with Crippen LogP contribution in [-0.4, -0.2) is 17.7 Å². The molecule has 0 aliphatic carbocycles. The van der Waals surface area contributed by atoms with Gasteiger partial charge in [0.1, 0.15) is 5.75 Å². The molecule has 0 amide bonds. The average molecular weight is 276 g/mol. The van der Waals surface area contributed by atoms with Crippen LogP contribution in [0.3, 0.4) is 0 Å². The van der Waals surface area contributed by atoms with Crippen LogP contribution in [0.5, 0.6) is 5.75 Å². The predicted molar refractivity (Wildman–Crippen MR) is 81.9 cm³/mol. The van der Waals surface area contributed by atoms with E-state index in [2.05, 4.69) is 6.92 Å². The van der Waals surface area contributed by atoms with Crippen LogP contribution in [0.2, 0.25) is 0 Å². The third-order valence-corrected chi connectivity index (χ3v) is 3.06. The van der Waals surface area contributed by atoms with Gasteiger partial charge in [0.15, 0.2) is 0 Å². The molecule has 110 valence electrons. The van der Waals surface area contributed by atoms with Crippen molar-refractivity contribution in [2.45, 2.75) is 46.0 Å². The molecule has 0 bridgehead atoms. The second-order valence-corrected chi connectivity index (χ2v) is 4.75. The highest BCUT2D eigenvalue weighted by Crippen LogP contribution is 2.21. The van der Waals surface area contributed by atoms with Crippen molar-refractivity contribution < 1.29 is 14.6 Å². The maximum Gasteiger partial charge on any atom is 0.338 e. The van der Waals surface area contributed by atoms with E-state index in [-0.39, 0.29) is 11.7 Å². The van der Waals surface area contributed by atoms with Gasteiger partial charge in [-0.05, 0) is 38.0 Å². The van der Waals surface area contributed by atoms with E-state index in [1.54, 1.807) is 19.1 Å². The van der Waals surface area contributed by atoms with Gasteiger partial charge in [-0.15, -0.1) is 0 Å². The van der Waals surface area contributed by atoms with Gasteiger partial charge in [0.25, 0.3) is 0 Å². The molecule has 0 atom stereocenters. The molecule has 0 heterocycles. The number of carbonyl (C=O) groups excluding carboxylic acids is 1. The largest absolute Gasteiger partial charge is 0.507 e. The van der Waals surface area contributed by atoms with Crippen LogP contribution in [0, 0.1) is 0 Å². The number of aromatic hydroxyl groups is 1. The lowest BCUT2D eigenvalue weighted by Gasteiger charge is -2.04. The molecule has 3 nitrogen and oxygen atoms in total. The van der Waals surface area contributed by atoms with Crippen LogP contribution in [0.25, 0.3) is 6.08 Å². The molecule has 0 fully saturated rings. The second-order valence-electron chi connectivity index (χ2n) is 4.75. The predicted octanol–water partition coefficient (Wildman–Crippen LogP) is 4.55. The molecule has 0 aliphatic heterocycles. The Balaban J connectivity index is 2.62. The monoisotopic (exact) mass is 276 g/mol. The quantitative estimate of drug-likeness (QED) is 0.559. The molecule has 3 heteroatoms. The van der Waals surface area contributed by atoms with E-state index >= 15 is 0 Å². The van der Waals surface area contributed by atoms with Crippen LogP contribution >= 0.6 is 0 Å². The maximum absolute atomic E-state index is 11.6. The van der Waals surface area contributed by atoms with E-state index in [1.165, 1.54) is 25.3 Å². The first kappa shape index (κ1) is 16.3. The summed E-state index contributed by atoms with van der Waals surface area (Å²) in [7, 11) is 0. The van der Waals surface area contributed by atoms with E-state index < -0.39 is 0 Å². The lowest BCUT2D eigenvalue weighted by molar-refractivity contribution is 0.0526. The zero-order valence-electron chi connectivity index (χ0n) is 12.4. The standard InChI is InChI=1S/C17H24O3/c1-3-5-6-7-8-9-10-14-13-15(11-12-16(14)18)17(19)20-4-2/h9-13,18H,3-8H2,1-2H3. The molecule has 0 saturated heterocycles. The summed E-state index contributed by atoms with van der Waals surface area (Å²) in [5.41, 5.74) is 1.13. The number of hydrogen-bond acceptors (Lipinski definition) is 3. The number of esters is 1. The Kier molecular flexibility index (Phi) is 7.48. The summed E-state index contributed by atoms with van der Waals surface area (Å²) in [5, 5.41) is 9.78. The molecule has 0 spiro atoms. The maximum atomic E-state index is 11.6. The number of hydrogen-bond donors (Lipinski definition) is 1. The topological polar surface area (TPSA) is 46.5 Å². The minimum Gasteiger partial charge on any atom is -0.507 e. The lowest BCUT2D eigenvalue weighted by atomic mass is 10.1. The van der Waals surface area contributed by atoms with Gasteiger partial charge >= 0.3 is 5.97 Å². The van der Waals surface area contributed by atoms with Crippen molar-refractivity contribution in [3.63, 3.8) is 0 Å². The van der Waals surface area contributed by atoms with Crippen molar-refractivity contribution in [2.75, 3.05) is 6.61 Å². The Bertz CT molecular complexity index is 450. The minimum atomic E-state index is -0.356. The van der Waals surface area contributed by atoms with Gasteiger partial charge in [0, 0.05) is 5.56 Å². The van der Waals surface area contributed by atoms with Crippen molar-refractivity contribution in [3.8, 4) is 5.75 Å². The van der Waals surface area contributed by atoms with E-state index in [0.29, 0.717) is 17.7 Å². The van der Waals surface area contributed by atoms with Gasteiger partial charge in [0.05, 0.1) is 12.2 Å². The van der Waals surface area contributed by atoms with Crippen molar-refractivity contribution in [1.29, 1.82) is 0 Å². The van der Waals surface area contributed by atoms with Gasteiger partial charge in [-0.1, -0.05) is 38.3 Å². The number of carbonyl (C=O) groups is 1. The van der Waals surface area contributed by atoms with E-state index in [9.17, 15) is 9.90 Å². The molecule has 1 aromatic carbocycles. The number of unbranched alkanes of at least 4 members (excludes halogenated alkanes) is 4. The number of phenols is 1. The molecule has 1 rings (SSSR count). The number of allylic oxidation sites excluding steroid dienone is 1. The summed E-state index contributed by atoms with van der Waals surface area (Å²) >= 11 is 0. The van der Waals surface area contributed by atoms with Crippen LogP contribution < -0.4 is 0 Å². The molecule has 0 radical (unpaired) electrons. The summed E-state index contributed by atoms with van der Waals surface area (Å²) < 4.78 is 4.95. The normalized spacial score (nSPS) is 10.9. The first-order valence-corrected chi connectivity index (χ1v) is 7.35. The molecular weight excluding hydrogens is 252 g/mol. The average Bonchev–Trinajstić information content (AvgIpc) is 2.44. The summed E-state index contributed by atoms with van der Waals surface area (Å²) in [4.78, 5) is 11.6. The summed E-state index contributed by atoms with van der Waals surface area (Å²) in [6, 6.07) is 4.77. The van der Waals surface area contributed by atoms with E-state index in [4.69, 9.17) is 4.74 Å². The zero-order valence-corrected chi connectivity index (χ0v) is 12.4. The van der Waals surface area contributed by atoms with Gasteiger partial charge in [-0.2, -0.15) is 0 Å². The summed E-state index contributed by atoms with van der Waals surface area (Å²) in [6.07, 6.45) is 9.77. The van der Waals surface area contributed by atoms with Crippen LogP contribution in [-0.2, 0) is 4.74 Å². The fourth-order valence-corrected chi connectivity index (χ4v) is 1.93. The molecule has 20 heavy (non-hydrogen) atoms. The van der Waals surface area contributed by atoms with Crippen molar-refractivity contribution in [1.82, 2.24) is 0 Å². The molecular formula is C17H24O3. The van der Waals surface area contributed by atoms with Crippen molar-refractivity contribution in [3.05, 3.63) is 35.4 Å². The number of phenolic OH excluding ortho intramolecular Hbond substituents is 1. The fraction of sp³-hybridized carbons (Fsp3) is 0.471. The number of ether oxygens (including phenoxy) is 1. The Morgan fingerprint density at radius 3 is 2.75 bits per heavy atom. The Labute approximate surface area is 121 Å². The molecule has 1 aromatic rings. The van der Waals surface area contributed by atoms with Crippen LogP contribution in [0.4, 0.5) is 0 Å². The highest BCUT2D eigenvalue weighted by atomic mass is 16.5. The van der Waals surface area contributed by atoms with E-state index in [1.807, 2.05) is 12.2 Å². The minimum absolute atomic E-state index is 0.183. The van der Waals surface area contributed by atoms with Crippen LogP contribution in [0.1, 0.15) is 61.9 Å². The van der Waals surface area contributed by atoms with Gasteiger partial charge < -0.3 is 9.84 Å². The Hall–Kier alpha value is -1.77. The van der Waals surface area contributed by atoms with Crippen LogP contribution in [0.15, 0.2) is 24.3 Å². The highest BCUT2D eigenvalue weighted by Gasteiger charge is 2.08. The lowest BCUT2D eigenvalue weighted by Crippen LogP contribution is -2.04. The number of rotatable bonds is 8. The molecule has 1 N–H and O–H groups in total. The van der Waals surface area contributed by atoms with Crippen molar-refractivity contribution in [2.24, 2.45) is 0 Å². The second kappa shape index (κ2) is 9.18. The molecule has 0 unspecified atom stereocenters. The third-order valence-electron chi connectivity index (χ3n) is 3.06. The molecule has 0 aliphatic rings. The summed E-state index contributed by atoms with van der Waals surface area (Å²) in [5.74, 6) is -0.173. The van der Waals surface area contributed by atoms with Crippen molar-refractivity contribution >= 4 is 12.0 Å². The Morgan fingerprint density at radius 2 is 2.05 bits per heavy atom. The third kappa shape index (κ3) is 5.47. The molecule has 0 saturated carbocycles. The van der Waals surface area contributed by atoms with Gasteiger partial charge in [0.2, 0.25) is 0 Å². The number of benzene rings is 1. The Morgan fingerprint density at radius 1 is 1.25 bits per heavy atom. The fourth-order valence-electron chi connectivity index (χ4n) is 1.93. The van der Waals surface area contributed by atoms with E-state index in [0.717, 1.165) is 12.8 Å². The van der Waals surface area contributed by atoms with Gasteiger partial charge in [-0.25, -0.2) is 4.79 Å². The zero-order chi connectivity index (χ0) is 14.8. The summed E-state index contributed by atoms with van der Waals surface area (Å²) in [6.45, 7) is 4.31. The smallest absolute Gasteiger partial charge is 0.338 e. The first-order valence-electron chi connectivity index (χ1n) is 7.35. The highest BCUT2D eigenvalue weighted by molar-refractivity contribution is 5.90.